The predicted molar refractivity (Wildman–Crippen MR) is 75.0 cm³/mol. The monoisotopic (exact) mass is 262 g/mol. The molecule has 6 nitrogen and oxygen atoms in total. The Kier molecular flexibility index (Phi) is 5.05. The van der Waals surface area contributed by atoms with Crippen LogP contribution in [0.4, 0.5) is 10.5 Å². The number of rotatable bonds is 4. The lowest BCUT2D eigenvalue weighted by Gasteiger charge is -2.07. The third-order valence-electron chi connectivity index (χ3n) is 2.56. The zero-order valence-electron chi connectivity index (χ0n) is 11.3. The van der Waals surface area contributed by atoms with Gasteiger partial charge >= 0.3 is 6.03 Å². The Balaban J connectivity index is 2.57. The van der Waals surface area contributed by atoms with E-state index in [-0.39, 0.29) is 12.3 Å². The predicted octanol–water partition coefficient (Wildman–Crippen LogP) is 1.68. The summed E-state index contributed by atoms with van der Waals surface area (Å²) in [5, 5.41) is 6.43. The van der Waals surface area contributed by atoms with Crippen LogP contribution in [0.3, 0.4) is 0 Å². The number of nitrogens with one attached hydrogen (secondary N) is 2. The van der Waals surface area contributed by atoms with Crippen molar-refractivity contribution in [2.75, 3.05) is 5.32 Å². The molecular formula is C13H18N4O2. The van der Waals surface area contributed by atoms with Crippen molar-refractivity contribution in [3.8, 4) is 0 Å². The molecule has 0 radical (unpaired) electrons. The van der Waals surface area contributed by atoms with Gasteiger partial charge in [-0.15, -0.1) is 0 Å². The van der Waals surface area contributed by atoms with E-state index in [1.807, 2.05) is 32.0 Å². The van der Waals surface area contributed by atoms with Gasteiger partial charge in [0.05, 0.1) is 6.42 Å². The molecule has 19 heavy (non-hydrogen) atoms. The van der Waals surface area contributed by atoms with Crippen LogP contribution in [0.2, 0.25) is 0 Å². The summed E-state index contributed by atoms with van der Waals surface area (Å²) in [7, 11) is 0. The first-order valence-corrected chi connectivity index (χ1v) is 5.84. The Morgan fingerprint density at radius 2 is 1.95 bits per heavy atom. The third-order valence-corrected chi connectivity index (χ3v) is 2.56. The molecule has 0 fully saturated rings. The van der Waals surface area contributed by atoms with Gasteiger partial charge in [-0.25, -0.2) is 10.2 Å². The number of primary amides is 1. The molecule has 0 spiro atoms. The lowest BCUT2D eigenvalue weighted by atomic mass is 10.1. The van der Waals surface area contributed by atoms with Gasteiger partial charge in [0.25, 0.3) is 0 Å². The Bertz CT molecular complexity index is 523. The quantitative estimate of drug-likeness (QED) is 0.568. The summed E-state index contributed by atoms with van der Waals surface area (Å²) >= 11 is 0. The standard InChI is InChI=1S/C13H18N4O2/c1-8-4-5-11(6-9(8)2)15-12(18)7-10(3)16-17-13(14)19/h4-6H,7H2,1-3H3,(H,15,18)(H3,14,17,19)/b16-10-. The van der Waals surface area contributed by atoms with Gasteiger partial charge in [0.1, 0.15) is 0 Å². The molecule has 1 aromatic rings. The fourth-order valence-electron chi connectivity index (χ4n) is 1.45. The maximum atomic E-state index is 11.7. The topological polar surface area (TPSA) is 96.6 Å². The van der Waals surface area contributed by atoms with E-state index in [2.05, 4.69) is 15.8 Å². The van der Waals surface area contributed by atoms with Gasteiger partial charge in [0.2, 0.25) is 5.91 Å². The Morgan fingerprint density at radius 3 is 2.53 bits per heavy atom. The summed E-state index contributed by atoms with van der Waals surface area (Å²) in [6, 6.07) is 4.94. The number of amides is 3. The molecule has 4 N–H and O–H groups in total. The van der Waals surface area contributed by atoms with Crippen molar-refractivity contribution < 1.29 is 9.59 Å². The van der Waals surface area contributed by atoms with Crippen molar-refractivity contribution in [2.45, 2.75) is 27.2 Å². The molecule has 0 aliphatic heterocycles. The highest BCUT2D eigenvalue weighted by Crippen LogP contribution is 2.14. The van der Waals surface area contributed by atoms with Crippen LogP contribution in [0.15, 0.2) is 23.3 Å². The smallest absolute Gasteiger partial charge is 0.332 e. The van der Waals surface area contributed by atoms with Gasteiger partial charge in [0.15, 0.2) is 0 Å². The van der Waals surface area contributed by atoms with Crippen LogP contribution in [0.1, 0.15) is 24.5 Å². The number of aryl methyl sites for hydroxylation is 2. The molecule has 0 atom stereocenters. The van der Waals surface area contributed by atoms with Gasteiger partial charge in [-0.2, -0.15) is 5.10 Å². The Morgan fingerprint density at radius 1 is 1.26 bits per heavy atom. The molecule has 102 valence electrons. The van der Waals surface area contributed by atoms with Crippen LogP contribution >= 0.6 is 0 Å². The fraction of sp³-hybridized carbons (Fsp3) is 0.308. The largest absolute Gasteiger partial charge is 0.350 e. The van der Waals surface area contributed by atoms with E-state index in [0.29, 0.717) is 5.71 Å². The van der Waals surface area contributed by atoms with E-state index in [4.69, 9.17) is 5.73 Å². The second kappa shape index (κ2) is 6.53. The number of nitrogens with two attached hydrogens (primary N) is 1. The second-order valence-electron chi connectivity index (χ2n) is 4.35. The molecule has 0 aliphatic rings. The van der Waals surface area contributed by atoms with Crippen LogP contribution in [-0.2, 0) is 4.79 Å². The van der Waals surface area contributed by atoms with Crippen LogP contribution < -0.4 is 16.5 Å². The minimum Gasteiger partial charge on any atom is -0.350 e. The average molecular weight is 262 g/mol. The van der Waals surface area contributed by atoms with Gasteiger partial charge in [-0.1, -0.05) is 6.07 Å². The zero-order valence-corrected chi connectivity index (χ0v) is 11.3. The van der Waals surface area contributed by atoms with Crippen molar-refractivity contribution in [2.24, 2.45) is 10.8 Å². The highest BCUT2D eigenvalue weighted by Gasteiger charge is 2.05. The maximum absolute atomic E-state index is 11.7. The van der Waals surface area contributed by atoms with Crippen LogP contribution in [0, 0.1) is 13.8 Å². The van der Waals surface area contributed by atoms with Crippen LogP contribution in [0.5, 0.6) is 0 Å². The SMILES string of the molecule is C/C(CC(=O)Nc1ccc(C)c(C)c1)=N/NC(N)=O. The first-order chi connectivity index (χ1) is 8.88. The summed E-state index contributed by atoms with van der Waals surface area (Å²) in [6.45, 7) is 5.62. The molecular weight excluding hydrogens is 244 g/mol. The molecule has 0 heterocycles. The lowest BCUT2D eigenvalue weighted by Crippen LogP contribution is -2.26. The summed E-state index contributed by atoms with van der Waals surface area (Å²) < 4.78 is 0. The normalized spacial score (nSPS) is 11.0. The summed E-state index contributed by atoms with van der Waals surface area (Å²) in [6.07, 6.45) is 0.0905. The molecule has 0 saturated heterocycles. The molecule has 3 amide bonds. The first-order valence-electron chi connectivity index (χ1n) is 5.84. The van der Waals surface area contributed by atoms with Gasteiger partial charge in [0, 0.05) is 11.4 Å². The first kappa shape index (κ1) is 14.7. The van der Waals surface area contributed by atoms with E-state index in [9.17, 15) is 9.59 Å². The van der Waals surface area contributed by atoms with E-state index in [1.165, 1.54) is 5.56 Å². The summed E-state index contributed by atoms with van der Waals surface area (Å²) in [5.41, 5.74) is 10.4. The number of hydrazone groups is 1. The molecule has 1 rings (SSSR count). The van der Waals surface area contributed by atoms with E-state index in [1.54, 1.807) is 6.92 Å². The fourth-order valence-corrected chi connectivity index (χ4v) is 1.45. The average Bonchev–Trinajstić information content (AvgIpc) is 2.31. The lowest BCUT2D eigenvalue weighted by molar-refractivity contribution is -0.115. The maximum Gasteiger partial charge on any atom is 0.332 e. The number of hydrogen-bond acceptors (Lipinski definition) is 3. The molecule has 6 heteroatoms. The van der Waals surface area contributed by atoms with E-state index in [0.717, 1.165) is 11.3 Å². The number of anilines is 1. The van der Waals surface area contributed by atoms with Crippen molar-refractivity contribution in [3.63, 3.8) is 0 Å². The van der Waals surface area contributed by atoms with E-state index >= 15 is 0 Å². The molecule has 0 aromatic heterocycles. The summed E-state index contributed by atoms with van der Waals surface area (Å²) in [4.78, 5) is 22.2. The highest BCUT2D eigenvalue weighted by molar-refractivity contribution is 6.05. The second-order valence-corrected chi connectivity index (χ2v) is 4.35. The number of benzene rings is 1. The number of urea groups is 1. The Hall–Kier alpha value is -2.37. The summed E-state index contributed by atoms with van der Waals surface area (Å²) in [5.74, 6) is -0.198. The molecule has 0 unspecified atom stereocenters. The number of carbonyl (C=O) groups excluding carboxylic acids is 2. The number of hydrogen-bond donors (Lipinski definition) is 3. The van der Waals surface area contributed by atoms with E-state index < -0.39 is 6.03 Å². The van der Waals surface area contributed by atoms with Crippen molar-refractivity contribution in [1.82, 2.24) is 5.43 Å². The third kappa shape index (κ3) is 5.20. The van der Waals surface area contributed by atoms with Crippen LogP contribution in [0.25, 0.3) is 0 Å². The number of nitrogens with zero attached hydrogens (tertiary/aromatic N) is 1. The molecule has 0 bridgehead atoms. The zero-order chi connectivity index (χ0) is 14.4. The van der Waals surface area contributed by atoms with Gasteiger partial charge < -0.3 is 11.1 Å². The highest BCUT2D eigenvalue weighted by atomic mass is 16.2. The van der Waals surface area contributed by atoms with Gasteiger partial charge in [-0.3, -0.25) is 4.79 Å². The molecule has 0 saturated carbocycles. The van der Waals surface area contributed by atoms with Gasteiger partial charge in [-0.05, 0) is 44.0 Å². The Labute approximate surface area is 112 Å². The minimum atomic E-state index is -0.756. The van der Waals surface area contributed by atoms with Crippen molar-refractivity contribution >= 4 is 23.3 Å². The molecule has 1 aromatic carbocycles. The van der Waals surface area contributed by atoms with Crippen molar-refractivity contribution in [3.05, 3.63) is 29.3 Å². The van der Waals surface area contributed by atoms with Crippen LogP contribution in [-0.4, -0.2) is 17.6 Å². The molecule has 0 aliphatic carbocycles. The van der Waals surface area contributed by atoms with Crippen molar-refractivity contribution in [1.29, 1.82) is 0 Å². The number of carbonyl (C=O) groups is 2. The minimum absolute atomic E-state index is 0.0905.